The van der Waals surface area contributed by atoms with E-state index in [1.54, 1.807) is 25.3 Å². The fourth-order valence-corrected chi connectivity index (χ4v) is 1.96. The Kier molecular flexibility index (Phi) is 3.61. The smallest absolute Gasteiger partial charge is 0.255 e. The van der Waals surface area contributed by atoms with Crippen molar-refractivity contribution >= 4 is 5.91 Å². The third-order valence-electron chi connectivity index (χ3n) is 2.93. The van der Waals surface area contributed by atoms with Crippen LogP contribution in [0.1, 0.15) is 10.4 Å². The van der Waals surface area contributed by atoms with Crippen molar-refractivity contribution in [3.8, 4) is 5.75 Å². The van der Waals surface area contributed by atoms with Crippen molar-refractivity contribution in [2.45, 2.75) is 12.1 Å². The predicted octanol–water partition coefficient (Wildman–Crippen LogP) is 0.109. The Morgan fingerprint density at radius 2 is 2.24 bits per heavy atom. The molecule has 1 saturated heterocycles. The number of phenols is 1. The summed E-state index contributed by atoms with van der Waals surface area (Å²) in [6.07, 6.45) is -0.0233. The number of nitrogens with one attached hydrogen (secondary N) is 2. The van der Waals surface area contributed by atoms with Crippen molar-refractivity contribution < 1.29 is 14.6 Å². The molecule has 1 aromatic rings. The summed E-state index contributed by atoms with van der Waals surface area (Å²) in [5.74, 6) is -0.288. The first-order valence-corrected chi connectivity index (χ1v) is 5.54. The Balaban J connectivity index is 2.04. The molecule has 5 nitrogen and oxygen atoms in total. The maximum atomic E-state index is 11.9. The molecule has 1 aliphatic rings. The number of rotatable bonds is 3. The summed E-state index contributed by atoms with van der Waals surface area (Å²) in [5, 5.41) is 15.6. The number of methoxy groups -OCH3 is 1. The Hall–Kier alpha value is -1.59. The lowest BCUT2D eigenvalue weighted by Gasteiger charge is -2.18. The number of benzene rings is 1. The molecule has 1 aromatic carbocycles. The van der Waals surface area contributed by atoms with Gasteiger partial charge in [-0.2, -0.15) is 0 Å². The third kappa shape index (κ3) is 2.57. The topological polar surface area (TPSA) is 70.6 Å². The van der Waals surface area contributed by atoms with Gasteiger partial charge < -0.3 is 20.5 Å². The van der Waals surface area contributed by atoms with Crippen molar-refractivity contribution in [2.24, 2.45) is 0 Å². The number of carbonyl (C=O) groups excluding carboxylic acids is 1. The summed E-state index contributed by atoms with van der Waals surface area (Å²) < 4.78 is 5.25. The van der Waals surface area contributed by atoms with Gasteiger partial charge in [-0.1, -0.05) is 12.1 Å². The molecule has 0 aromatic heterocycles. The first-order valence-electron chi connectivity index (χ1n) is 5.54. The molecular formula is C12H16N2O3. The molecular weight excluding hydrogens is 220 g/mol. The summed E-state index contributed by atoms with van der Waals surface area (Å²) in [6.45, 7) is 1.40. The molecule has 0 saturated carbocycles. The van der Waals surface area contributed by atoms with Gasteiger partial charge >= 0.3 is 0 Å². The van der Waals surface area contributed by atoms with E-state index >= 15 is 0 Å². The highest BCUT2D eigenvalue weighted by atomic mass is 16.5. The van der Waals surface area contributed by atoms with Crippen LogP contribution in [0, 0.1) is 0 Å². The van der Waals surface area contributed by atoms with Crippen LogP contribution in [-0.2, 0) is 4.74 Å². The van der Waals surface area contributed by atoms with Gasteiger partial charge in [-0.25, -0.2) is 0 Å². The van der Waals surface area contributed by atoms with E-state index in [1.165, 1.54) is 6.07 Å². The van der Waals surface area contributed by atoms with E-state index in [1.807, 2.05) is 0 Å². The second-order valence-electron chi connectivity index (χ2n) is 4.03. The van der Waals surface area contributed by atoms with Crippen LogP contribution in [0.5, 0.6) is 5.75 Å². The van der Waals surface area contributed by atoms with E-state index in [2.05, 4.69) is 10.6 Å². The van der Waals surface area contributed by atoms with Gasteiger partial charge in [0, 0.05) is 20.2 Å². The van der Waals surface area contributed by atoms with E-state index in [0.717, 1.165) is 6.54 Å². The van der Waals surface area contributed by atoms with Gasteiger partial charge in [-0.15, -0.1) is 0 Å². The number of ether oxygens (including phenoxy) is 1. The minimum absolute atomic E-state index is 0.00933. The standard InChI is InChI=1S/C12H16N2O3/c1-17-11-7-13-6-9(11)14-12(16)8-4-2-3-5-10(8)15/h2-5,9,11,13,15H,6-7H2,1H3,(H,14,16)/t9?,11-/m0/s1. The summed E-state index contributed by atoms with van der Waals surface area (Å²) in [6, 6.07) is 6.42. The molecule has 1 fully saturated rings. The van der Waals surface area contributed by atoms with Crippen LogP contribution in [0.4, 0.5) is 0 Å². The van der Waals surface area contributed by atoms with Gasteiger partial charge in [0.2, 0.25) is 0 Å². The lowest BCUT2D eigenvalue weighted by molar-refractivity contribution is 0.0778. The highest BCUT2D eigenvalue weighted by Crippen LogP contribution is 2.16. The molecule has 1 heterocycles. The van der Waals surface area contributed by atoms with Gasteiger partial charge in [0.1, 0.15) is 5.75 Å². The fraction of sp³-hybridized carbons (Fsp3) is 0.417. The zero-order valence-corrected chi connectivity index (χ0v) is 9.64. The van der Waals surface area contributed by atoms with Gasteiger partial charge in [-0.05, 0) is 12.1 Å². The normalized spacial score (nSPS) is 23.6. The summed E-state index contributed by atoms with van der Waals surface area (Å²) >= 11 is 0. The molecule has 3 N–H and O–H groups in total. The quantitative estimate of drug-likeness (QED) is 0.696. The number of hydrogen-bond donors (Lipinski definition) is 3. The number of amides is 1. The van der Waals surface area contributed by atoms with Gasteiger partial charge in [0.25, 0.3) is 5.91 Å². The maximum Gasteiger partial charge on any atom is 0.255 e. The van der Waals surface area contributed by atoms with Crippen LogP contribution in [-0.4, -0.2) is 43.4 Å². The fourth-order valence-electron chi connectivity index (χ4n) is 1.96. The van der Waals surface area contributed by atoms with Crippen molar-refractivity contribution in [3.05, 3.63) is 29.8 Å². The SMILES string of the molecule is CO[C@H]1CNCC1NC(=O)c1ccccc1O. The number of aromatic hydroxyl groups is 1. The van der Waals surface area contributed by atoms with Crippen molar-refractivity contribution in [1.82, 2.24) is 10.6 Å². The molecule has 2 rings (SSSR count). The first kappa shape index (κ1) is 11.9. The summed E-state index contributed by atoms with van der Waals surface area (Å²) in [7, 11) is 1.62. The van der Waals surface area contributed by atoms with E-state index < -0.39 is 0 Å². The zero-order valence-electron chi connectivity index (χ0n) is 9.64. The second-order valence-corrected chi connectivity index (χ2v) is 4.03. The van der Waals surface area contributed by atoms with E-state index in [4.69, 9.17) is 4.74 Å². The molecule has 1 unspecified atom stereocenters. The molecule has 0 radical (unpaired) electrons. The van der Waals surface area contributed by atoms with E-state index in [-0.39, 0.29) is 29.4 Å². The Morgan fingerprint density at radius 1 is 1.47 bits per heavy atom. The number of carbonyl (C=O) groups is 1. The van der Waals surface area contributed by atoms with Crippen molar-refractivity contribution in [3.63, 3.8) is 0 Å². The van der Waals surface area contributed by atoms with Crippen LogP contribution in [0.25, 0.3) is 0 Å². The molecule has 0 aliphatic carbocycles. The lowest BCUT2D eigenvalue weighted by atomic mass is 10.1. The number of hydrogen-bond acceptors (Lipinski definition) is 4. The van der Waals surface area contributed by atoms with Gasteiger partial charge in [0.15, 0.2) is 0 Å². The maximum absolute atomic E-state index is 11.9. The molecule has 0 spiro atoms. The Bertz CT molecular complexity index is 408. The second kappa shape index (κ2) is 5.16. The average Bonchev–Trinajstić information content (AvgIpc) is 2.76. The molecule has 17 heavy (non-hydrogen) atoms. The third-order valence-corrected chi connectivity index (χ3v) is 2.93. The minimum atomic E-state index is -0.279. The Morgan fingerprint density at radius 3 is 2.94 bits per heavy atom. The molecule has 2 atom stereocenters. The van der Waals surface area contributed by atoms with Crippen LogP contribution in [0.2, 0.25) is 0 Å². The lowest BCUT2D eigenvalue weighted by Crippen LogP contribution is -2.43. The van der Waals surface area contributed by atoms with Gasteiger partial charge in [-0.3, -0.25) is 4.79 Å². The summed E-state index contributed by atoms with van der Waals surface area (Å²) in [5.41, 5.74) is 0.286. The number of para-hydroxylation sites is 1. The number of phenolic OH excluding ortho intramolecular Hbond substituents is 1. The Labute approximate surface area is 99.8 Å². The predicted molar refractivity (Wildman–Crippen MR) is 63.0 cm³/mol. The van der Waals surface area contributed by atoms with E-state index in [0.29, 0.717) is 6.54 Å². The molecule has 5 heteroatoms. The van der Waals surface area contributed by atoms with Crippen LogP contribution < -0.4 is 10.6 Å². The largest absolute Gasteiger partial charge is 0.507 e. The van der Waals surface area contributed by atoms with Gasteiger partial charge in [0.05, 0.1) is 17.7 Å². The van der Waals surface area contributed by atoms with Crippen LogP contribution >= 0.6 is 0 Å². The summed E-state index contributed by atoms with van der Waals surface area (Å²) in [4.78, 5) is 11.9. The monoisotopic (exact) mass is 236 g/mol. The first-order chi connectivity index (χ1) is 8.22. The molecule has 1 aliphatic heterocycles. The minimum Gasteiger partial charge on any atom is -0.507 e. The average molecular weight is 236 g/mol. The molecule has 92 valence electrons. The van der Waals surface area contributed by atoms with Crippen molar-refractivity contribution in [2.75, 3.05) is 20.2 Å². The van der Waals surface area contributed by atoms with E-state index in [9.17, 15) is 9.90 Å². The molecule has 1 amide bonds. The zero-order chi connectivity index (χ0) is 12.3. The van der Waals surface area contributed by atoms with Crippen LogP contribution in [0.3, 0.4) is 0 Å². The van der Waals surface area contributed by atoms with Crippen LogP contribution in [0.15, 0.2) is 24.3 Å². The van der Waals surface area contributed by atoms with Crippen molar-refractivity contribution in [1.29, 1.82) is 0 Å². The highest BCUT2D eigenvalue weighted by Gasteiger charge is 2.28. The molecule has 0 bridgehead atoms. The highest BCUT2D eigenvalue weighted by molar-refractivity contribution is 5.97.